The number of aromatic nitrogens is 2. The van der Waals surface area contributed by atoms with E-state index in [-0.39, 0.29) is 18.0 Å². The average molecular weight is 284 g/mol. The molecule has 2 aromatic rings. The Hall–Kier alpha value is -1.64. The molecule has 0 unspecified atom stereocenters. The molecule has 0 saturated heterocycles. The number of nitrogens with two attached hydrogens (primary N) is 1. The SMILES string of the molecule is Cc1oc(CN)cc1S(=O)(=O)NCCn1ccnc1. The molecule has 3 N–H and O–H groups in total. The number of aryl methyl sites for hydroxylation is 1. The monoisotopic (exact) mass is 284 g/mol. The summed E-state index contributed by atoms with van der Waals surface area (Å²) in [7, 11) is -3.57. The topological polar surface area (TPSA) is 103 Å². The third-order valence-corrected chi connectivity index (χ3v) is 4.20. The molecule has 0 saturated carbocycles. The maximum Gasteiger partial charge on any atom is 0.244 e. The van der Waals surface area contributed by atoms with Gasteiger partial charge in [-0.1, -0.05) is 0 Å². The van der Waals surface area contributed by atoms with Gasteiger partial charge in [0.15, 0.2) is 0 Å². The summed E-state index contributed by atoms with van der Waals surface area (Å²) in [4.78, 5) is 4.02. The van der Waals surface area contributed by atoms with Crippen molar-refractivity contribution in [1.82, 2.24) is 14.3 Å². The van der Waals surface area contributed by atoms with Crippen molar-refractivity contribution in [1.29, 1.82) is 0 Å². The lowest BCUT2D eigenvalue weighted by molar-refractivity contribution is 0.478. The van der Waals surface area contributed by atoms with Crippen LogP contribution in [0.5, 0.6) is 0 Å². The van der Waals surface area contributed by atoms with Gasteiger partial charge in [-0.2, -0.15) is 0 Å². The van der Waals surface area contributed by atoms with Crippen molar-refractivity contribution < 1.29 is 12.8 Å². The van der Waals surface area contributed by atoms with Gasteiger partial charge in [0.2, 0.25) is 10.0 Å². The number of sulfonamides is 1. The van der Waals surface area contributed by atoms with Crippen LogP contribution in [0.2, 0.25) is 0 Å². The molecule has 0 atom stereocenters. The molecule has 0 amide bonds. The van der Waals surface area contributed by atoms with Crippen molar-refractivity contribution in [2.24, 2.45) is 5.73 Å². The average Bonchev–Trinajstić information content (AvgIpc) is 2.98. The zero-order valence-electron chi connectivity index (χ0n) is 10.5. The molecule has 2 aromatic heterocycles. The summed E-state index contributed by atoms with van der Waals surface area (Å²) in [6, 6.07) is 1.45. The van der Waals surface area contributed by atoms with Crippen LogP contribution in [0.3, 0.4) is 0 Å². The summed E-state index contributed by atoms with van der Waals surface area (Å²) in [5.74, 6) is 0.795. The molecule has 0 spiro atoms. The molecule has 104 valence electrons. The number of furan rings is 1. The second kappa shape index (κ2) is 5.55. The minimum Gasteiger partial charge on any atom is -0.464 e. The van der Waals surface area contributed by atoms with Gasteiger partial charge in [-0.3, -0.25) is 0 Å². The molecule has 2 rings (SSSR count). The van der Waals surface area contributed by atoms with Gasteiger partial charge in [0, 0.05) is 31.5 Å². The third kappa shape index (κ3) is 3.22. The molecule has 8 heteroatoms. The molecule has 0 aliphatic rings. The van der Waals surface area contributed by atoms with Gasteiger partial charge < -0.3 is 14.7 Å². The maximum atomic E-state index is 12.1. The highest BCUT2D eigenvalue weighted by molar-refractivity contribution is 7.89. The van der Waals surface area contributed by atoms with Crippen LogP contribution < -0.4 is 10.5 Å². The Morgan fingerprint density at radius 2 is 2.32 bits per heavy atom. The molecule has 0 bridgehead atoms. The molecule has 7 nitrogen and oxygen atoms in total. The standard InChI is InChI=1S/C11H16N4O3S/c1-9-11(6-10(7-12)18-9)19(16,17)14-3-5-15-4-2-13-8-15/h2,4,6,8,14H,3,5,7,12H2,1H3. The van der Waals surface area contributed by atoms with Gasteiger partial charge >= 0.3 is 0 Å². The molecule has 2 heterocycles. The van der Waals surface area contributed by atoms with Crippen LogP contribution >= 0.6 is 0 Å². The Morgan fingerprint density at radius 3 is 2.89 bits per heavy atom. The van der Waals surface area contributed by atoms with E-state index in [0.717, 1.165) is 0 Å². The first-order chi connectivity index (χ1) is 9.03. The summed E-state index contributed by atoms with van der Waals surface area (Å²) in [6.45, 7) is 2.57. The lowest BCUT2D eigenvalue weighted by Gasteiger charge is -2.05. The lowest BCUT2D eigenvalue weighted by atomic mass is 10.4. The Kier molecular flexibility index (Phi) is 4.03. The highest BCUT2D eigenvalue weighted by Gasteiger charge is 2.20. The Balaban J connectivity index is 2.03. The van der Waals surface area contributed by atoms with Crippen LogP contribution in [0.1, 0.15) is 11.5 Å². The Bertz CT molecular complexity index is 631. The van der Waals surface area contributed by atoms with Gasteiger partial charge in [-0.05, 0) is 6.92 Å². The van der Waals surface area contributed by atoms with E-state index < -0.39 is 10.0 Å². The number of nitrogens with zero attached hydrogens (tertiary/aromatic N) is 2. The normalized spacial score (nSPS) is 11.9. The van der Waals surface area contributed by atoms with E-state index in [9.17, 15) is 8.42 Å². The zero-order chi connectivity index (χ0) is 13.9. The fraction of sp³-hybridized carbons (Fsp3) is 0.364. The van der Waals surface area contributed by atoms with Crippen LogP contribution in [0.4, 0.5) is 0 Å². The summed E-state index contributed by atoms with van der Waals surface area (Å²) < 4.78 is 33.7. The molecular formula is C11H16N4O3S. The van der Waals surface area contributed by atoms with Gasteiger partial charge in [0.25, 0.3) is 0 Å². The molecule has 0 radical (unpaired) electrons. The van der Waals surface area contributed by atoms with E-state index in [2.05, 4.69) is 9.71 Å². The molecule has 0 aliphatic heterocycles. The van der Waals surface area contributed by atoms with E-state index in [1.165, 1.54) is 6.07 Å². The van der Waals surface area contributed by atoms with Crippen LogP contribution in [-0.2, 0) is 23.1 Å². The van der Waals surface area contributed by atoms with Crippen LogP contribution in [0, 0.1) is 6.92 Å². The van der Waals surface area contributed by atoms with E-state index in [4.69, 9.17) is 10.2 Å². The fourth-order valence-corrected chi connectivity index (χ4v) is 2.92. The van der Waals surface area contributed by atoms with E-state index in [1.54, 1.807) is 30.2 Å². The Morgan fingerprint density at radius 1 is 1.53 bits per heavy atom. The number of hydrogen-bond acceptors (Lipinski definition) is 5. The van der Waals surface area contributed by atoms with E-state index in [0.29, 0.717) is 18.1 Å². The summed E-state index contributed by atoms with van der Waals surface area (Å²) in [6.07, 6.45) is 5.04. The predicted octanol–water partition coefficient (Wildman–Crippen LogP) is 0.222. The second-order valence-electron chi connectivity index (χ2n) is 4.04. The molecular weight excluding hydrogens is 268 g/mol. The van der Waals surface area contributed by atoms with Crippen LogP contribution in [0.25, 0.3) is 0 Å². The van der Waals surface area contributed by atoms with Crippen molar-refractivity contribution in [2.75, 3.05) is 6.54 Å². The quantitative estimate of drug-likeness (QED) is 0.790. The molecule has 0 aliphatic carbocycles. The number of rotatable bonds is 6. The maximum absolute atomic E-state index is 12.1. The largest absolute Gasteiger partial charge is 0.464 e. The van der Waals surface area contributed by atoms with Crippen molar-refractivity contribution in [3.8, 4) is 0 Å². The number of hydrogen-bond donors (Lipinski definition) is 2. The van der Waals surface area contributed by atoms with Crippen LogP contribution in [0.15, 0.2) is 34.1 Å². The molecule has 0 fully saturated rings. The van der Waals surface area contributed by atoms with Crippen molar-refractivity contribution >= 4 is 10.0 Å². The second-order valence-corrected chi connectivity index (χ2v) is 5.77. The number of nitrogens with one attached hydrogen (secondary N) is 1. The van der Waals surface area contributed by atoms with E-state index in [1.807, 2.05) is 0 Å². The minimum atomic E-state index is -3.57. The lowest BCUT2D eigenvalue weighted by Crippen LogP contribution is -2.27. The number of imidazole rings is 1. The zero-order valence-corrected chi connectivity index (χ0v) is 11.4. The van der Waals surface area contributed by atoms with Gasteiger partial charge in [-0.15, -0.1) is 0 Å². The highest BCUT2D eigenvalue weighted by atomic mass is 32.2. The third-order valence-electron chi connectivity index (χ3n) is 2.64. The minimum absolute atomic E-state index is 0.138. The van der Waals surface area contributed by atoms with Crippen molar-refractivity contribution in [2.45, 2.75) is 24.9 Å². The fourth-order valence-electron chi connectivity index (χ4n) is 1.70. The summed E-state index contributed by atoms with van der Waals surface area (Å²) >= 11 is 0. The smallest absolute Gasteiger partial charge is 0.244 e. The first kappa shape index (κ1) is 13.8. The summed E-state index contributed by atoms with van der Waals surface area (Å²) in [5, 5.41) is 0. The highest BCUT2D eigenvalue weighted by Crippen LogP contribution is 2.19. The van der Waals surface area contributed by atoms with Crippen molar-refractivity contribution in [3.63, 3.8) is 0 Å². The van der Waals surface area contributed by atoms with E-state index >= 15 is 0 Å². The van der Waals surface area contributed by atoms with Gasteiger partial charge in [0.05, 0.1) is 12.9 Å². The first-order valence-electron chi connectivity index (χ1n) is 5.77. The molecule has 19 heavy (non-hydrogen) atoms. The van der Waals surface area contributed by atoms with Crippen LogP contribution in [-0.4, -0.2) is 24.5 Å². The molecule has 0 aromatic carbocycles. The van der Waals surface area contributed by atoms with Crippen molar-refractivity contribution in [3.05, 3.63) is 36.3 Å². The predicted molar refractivity (Wildman–Crippen MR) is 68.8 cm³/mol. The first-order valence-corrected chi connectivity index (χ1v) is 7.26. The van der Waals surface area contributed by atoms with Gasteiger partial charge in [-0.25, -0.2) is 18.1 Å². The van der Waals surface area contributed by atoms with Gasteiger partial charge in [0.1, 0.15) is 16.4 Å². The Labute approximate surface area is 111 Å². The summed E-state index contributed by atoms with van der Waals surface area (Å²) in [5.41, 5.74) is 5.42.